The molecule has 1 aromatic rings. The fourth-order valence-electron chi connectivity index (χ4n) is 3.38. The molecule has 124 valence electrons. The van der Waals surface area contributed by atoms with Crippen molar-refractivity contribution in [2.45, 2.75) is 58.0 Å². The Balaban J connectivity index is 1.81. The number of hydrogen-bond acceptors (Lipinski definition) is 4. The first-order valence-electron chi connectivity index (χ1n) is 8.62. The van der Waals surface area contributed by atoms with E-state index in [1.165, 1.54) is 19.3 Å². The van der Waals surface area contributed by atoms with Gasteiger partial charge < -0.3 is 9.47 Å². The van der Waals surface area contributed by atoms with Gasteiger partial charge in [-0.25, -0.2) is 0 Å². The molecule has 23 heavy (non-hydrogen) atoms. The molecule has 0 amide bonds. The highest BCUT2D eigenvalue weighted by Crippen LogP contribution is 2.35. The maximum atomic E-state index is 11.7. The van der Waals surface area contributed by atoms with Gasteiger partial charge in [-0.3, -0.25) is 9.79 Å². The lowest BCUT2D eigenvalue weighted by atomic mass is 9.98. The number of Topliss-reactive ketones (excluding diaryl/α,β-unsaturated/α-hetero) is 1. The number of carbonyl (C=O) groups is 1. The average molecular weight is 315 g/mol. The van der Waals surface area contributed by atoms with Crippen LogP contribution in [0.25, 0.3) is 0 Å². The van der Waals surface area contributed by atoms with E-state index in [1.54, 1.807) is 7.11 Å². The second-order valence-corrected chi connectivity index (χ2v) is 6.50. The van der Waals surface area contributed by atoms with E-state index < -0.39 is 0 Å². The Hall–Kier alpha value is -1.84. The maximum absolute atomic E-state index is 11.7. The SMILES string of the molecule is COc1ccc(N=C2CCC(=O)C2C)cc1OC1CCCCC1. The fraction of sp³-hybridized carbons (Fsp3) is 0.579. The molecule has 0 aromatic heterocycles. The van der Waals surface area contributed by atoms with Crippen LogP contribution in [0.1, 0.15) is 51.9 Å². The van der Waals surface area contributed by atoms with Crippen molar-refractivity contribution >= 4 is 17.2 Å². The molecule has 0 aliphatic heterocycles. The molecule has 2 aliphatic carbocycles. The molecule has 4 nitrogen and oxygen atoms in total. The van der Waals surface area contributed by atoms with Gasteiger partial charge in [0.15, 0.2) is 11.5 Å². The summed E-state index contributed by atoms with van der Waals surface area (Å²) in [6.45, 7) is 1.94. The van der Waals surface area contributed by atoms with Crippen LogP contribution in [0, 0.1) is 5.92 Å². The zero-order valence-corrected chi connectivity index (χ0v) is 14.0. The van der Waals surface area contributed by atoms with Gasteiger partial charge in [-0.1, -0.05) is 13.3 Å². The first kappa shape index (κ1) is 16.0. The topological polar surface area (TPSA) is 47.9 Å². The molecule has 0 spiro atoms. The summed E-state index contributed by atoms with van der Waals surface area (Å²) in [6, 6.07) is 5.77. The van der Waals surface area contributed by atoms with Gasteiger partial charge in [-0.2, -0.15) is 0 Å². The van der Waals surface area contributed by atoms with Gasteiger partial charge in [0, 0.05) is 18.2 Å². The minimum absolute atomic E-state index is 0.0557. The summed E-state index contributed by atoms with van der Waals surface area (Å²) in [5.41, 5.74) is 1.82. The lowest BCUT2D eigenvalue weighted by Gasteiger charge is -2.24. The van der Waals surface area contributed by atoms with Gasteiger partial charge in [-0.15, -0.1) is 0 Å². The Morgan fingerprint density at radius 2 is 1.87 bits per heavy atom. The van der Waals surface area contributed by atoms with Crippen LogP contribution < -0.4 is 9.47 Å². The summed E-state index contributed by atoms with van der Waals surface area (Å²) in [6.07, 6.45) is 7.63. The number of carbonyl (C=O) groups excluding carboxylic acids is 1. The van der Waals surface area contributed by atoms with Gasteiger partial charge in [0.05, 0.1) is 24.8 Å². The minimum Gasteiger partial charge on any atom is -0.493 e. The Morgan fingerprint density at radius 1 is 1.09 bits per heavy atom. The monoisotopic (exact) mass is 315 g/mol. The third-order valence-electron chi connectivity index (χ3n) is 4.88. The van der Waals surface area contributed by atoms with Gasteiger partial charge in [-0.05, 0) is 44.2 Å². The molecule has 0 bridgehead atoms. The highest BCUT2D eigenvalue weighted by Gasteiger charge is 2.26. The molecule has 4 heteroatoms. The summed E-state index contributed by atoms with van der Waals surface area (Å²) in [5.74, 6) is 1.74. The Labute approximate surface area is 137 Å². The quantitative estimate of drug-likeness (QED) is 0.823. The average Bonchev–Trinajstić information content (AvgIpc) is 2.88. The van der Waals surface area contributed by atoms with E-state index in [1.807, 2.05) is 25.1 Å². The molecule has 0 heterocycles. The van der Waals surface area contributed by atoms with Crippen LogP contribution in [0.4, 0.5) is 5.69 Å². The molecule has 3 rings (SSSR count). The molecule has 0 N–H and O–H groups in total. The largest absolute Gasteiger partial charge is 0.493 e. The summed E-state index contributed by atoms with van der Waals surface area (Å²) >= 11 is 0. The van der Waals surface area contributed by atoms with E-state index in [0.717, 1.165) is 42.2 Å². The van der Waals surface area contributed by atoms with Crippen molar-refractivity contribution in [3.05, 3.63) is 18.2 Å². The van der Waals surface area contributed by atoms with E-state index in [0.29, 0.717) is 6.42 Å². The zero-order valence-electron chi connectivity index (χ0n) is 14.0. The summed E-state index contributed by atoms with van der Waals surface area (Å²) < 4.78 is 11.6. The Bertz CT molecular complexity index is 603. The van der Waals surface area contributed by atoms with Crippen LogP contribution in [0.3, 0.4) is 0 Å². The zero-order chi connectivity index (χ0) is 16.2. The third kappa shape index (κ3) is 3.74. The number of ether oxygens (including phenoxy) is 2. The maximum Gasteiger partial charge on any atom is 0.163 e. The number of rotatable bonds is 4. The molecule has 0 radical (unpaired) electrons. The van der Waals surface area contributed by atoms with Crippen molar-refractivity contribution in [2.24, 2.45) is 10.9 Å². The van der Waals surface area contributed by atoms with Crippen molar-refractivity contribution in [3.63, 3.8) is 0 Å². The van der Waals surface area contributed by atoms with E-state index in [2.05, 4.69) is 4.99 Å². The van der Waals surface area contributed by atoms with Crippen LogP contribution in [0.5, 0.6) is 11.5 Å². The third-order valence-corrected chi connectivity index (χ3v) is 4.88. The van der Waals surface area contributed by atoms with Gasteiger partial charge in [0.2, 0.25) is 0 Å². The van der Waals surface area contributed by atoms with Crippen molar-refractivity contribution in [3.8, 4) is 11.5 Å². The lowest BCUT2D eigenvalue weighted by molar-refractivity contribution is -0.119. The van der Waals surface area contributed by atoms with Gasteiger partial charge >= 0.3 is 0 Å². The highest BCUT2D eigenvalue weighted by molar-refractivity contribution is 6.11. The van der Waals surface area contributed by atoms with E-state index in [9.17, 15) is 4.79 Å². The normalized spacial score (nSPS) is 24.2. The number of methoxy groups -OCH3 is 1. The smallest absolute Gasteiger partial charge is 0.163 e. The fourth-order valence-corrected chi connectivity index (χ4v) is 3.38. The van der Waals surface area contributed by atoms with E-state index in [-0.39, 0.29) is 17.8 Å². The second kappa shape index (κ2) is 7.16. The van der Waals surface area contributed by atoms with Gasteiger partial charge in [0.1, 0.15) is 5.78 Å². The standard InChI is InChI=1S/C19H25NO3/c1-13-16(9-10-17(13)21)20-14-8-11-18(22-2)19(12-14)23-15-6-4-3-5-7-15/h8,11-13,15H,3-7,9-10H2,1-2H3. The van der Waals surface area contributed by atoms with Crippen LogP contribution >= 0.6 is 0 Å². The molecule has 2 aliphatic rings. The number of aliphatic imine (C=N–C) groups is 1. The van der Waals surface area contributed by atoms with Crippen LogP contribution in [0.2, 0.25) is 0 Å². The number of benzene rings is 1. The van der Waals surface area contributed by atoms with Crippen molar-refractivity contribution in [2.75, 3.05) is 7.11 Å². The van der Waals surface area contributed by atoms with Crippen molar-refractivity contribution < 1.29 is 14.3 Å². The highest BCUT2D eigenvalue weighted by atomic mass is 16.5. The first-order valence-corrected chi connectivity index (χ1v) is 8.62. The van der Waals surface area contributed by atoms with E-state index >= 15 is 0 Å². The molecule has 1 unspecified atom stereocenters. The number of ketones is 1. The van der Waals surface area contributed by atoms with Crippen LogP contribution in [-0.4, -0.2) is 24.7 Å². The predicted molar refractivity (Wildman–Crippen MR) is 91.0 cm³/mol. The molecule has 0 saturated heterocycles. The molecular formula is C19H25NO3. The van der Waals surface area contributed by atoms with E-state index in [4.69, 9.17) is 9.47 Å². The Kier molecular flexibility index (Phi) is 4.99. The van der Waals surface area contributed by atoms with Crippen LogP contribution in [-0.2, 0) is 4.79 Å². The summed E-state index contributed by atoms with van der Waals surface area (Å²) in [7, 11) is 1.66. The molecular weight excluding hydrogens is 290 g/mol. The number of nitrogens with zero attached hydrogens (tertiary/aromatic N) is 1. The van der Waals surface area contributed by atoms with Crippen molar-refractivity contribution in [1.29, 1.82) is 0 Å². The predicted octanol–water partition coefficient (Wildman–Crippen LogP) is 4.48. The molecule has 2 fully saturated rings. The molecule has 2 saturated carbocycles. The van der Waals surface area contributed by atoms with Crippen LogP contribution in [0.15, 0.2) is 23.2 Å². The first-order chi connectivity index (χ1) is 11.2. The summed E-state index contributed by atoms with van der Waals surface area (Å²) in [5, 5.41) is 0. The number of hydrogen-bond donors (Lipinski definition) is 0. The molecule has 1 atom stereocenters. The molecule has 1 aromatic carbocycles. The second-order valence-electron chi connectivity index (χ2n) is 6.50. The Morgan fingerprint density at radius 3 is 2.52 bits per heavy atom. The minimum atomic E-state index is -0.0557. The van der Waals surface area contributed by atoms with Gasteiger partial charge in [0.25, 0.3) is 0 Å². The lowest BCUT2D eigenvalue weighted by Crippen LogP contribution is -2.19. The van der Waals surface area contributed by atoms with Crippen molar-refractivity contribution in [1.82, 2.24) is 0 Å². The summed E-state index contributed by atoms with van der Waals surface area (Å²) in [4.78, 5) is 16.4.